The lowest BCUT2D eigenvalue weighted by molar-refractivity contribution is 0.102. The van der Waals surface area contributed by atoms with Gasteiger partial charge in [0.2, 0.25) is 0 Å². The van der Waals surface area contributed by atoms with Crippen LogP contribution in [0.5, 0.6) is 0 Å². The maximum absolute atomic E-state index is 12.3. The lowest BCUT2D eigenvalue weighted by Gasteiger charge is -2.22. The highest BCUT2D eigenvalue weighted by Crippen LogP contribution is 2.20. The van der Waals surface area contributed by atoms with Gasteiger partial charge in [-0.2, -0.15) is 0 Å². The number of aromatic nitrogens is 1. The Hall–Kier alpha value is -2.36. The third kappa shape index (κ3) is 3.64. The molecule has 1 fully saturated rings. The molecular weight excluding hydrogens is 274 g/mol. The number of benzene rings is 1. The zero-order chi connectivity index (χ0) is 15.2. The minimum Gasteiger partial charge on any atom is -0.370 e. The van der Waals surface area contributed by atoms with Crippen LogP contribution in [0.1, 0.15) is 36.0 Å². The van der Waals surface area contributed by atoms with Crippen molar-refractivity contribution in [2.45, 2.75) is 25.7 Å². The molecule has 0 saturated carbocycles. The number of rotatable bonds is 3. The first kappa shape index (κ1) is 14.6. The summed E-state index contributed by atoms with van der Waals surface area (Å²) in [5.74, 6) is -0.115. The summed E-state index contributed by atoms with van der Waals surface area (Å²) in [4.78, 5) is 18.9. The molecule has 114 valence electrons. The minimum atomic E-state index is -0.115. The standard InChI is InChI=1S/C18H21N3O/c22-18(20-16-8-4-3-5-9-16)15-12-17(14-19-13-15)21-10-6-1-2-7-11-21/h3-5,8-9,12-14H,1-2,6-7,10-11H2,(H,20,22). The molecule has 1 aromatic heterocycles. The fraction of sp³-hybridized carbons (Fsp3) is 0.333. The maximum Gasteiger partial charge on any atom is 0.257 e. The van der Waals surface area contributed by atoms with E-state index in [4.69, 9.17) is 0 Å². The molecule has 3 rings (SSSR count). The van der Waals surface area contributed by atoms with Crippen LogP contribution in [0.15, 0.2) is 48.8 Å². The number of hydrogen-bond donors (Lipinski definition) is 1. The molecule has 0 radical (unpaired) electrons. The lowest BCUT2D eigenvalue weighted by atomic mass is 10.2. The number of carbonyl (C=O) groups is 1. The summed E-state index contributed by atoms with van der Waals surface area (Å²) in [6.45, 7) is 2.09. The van der Waals surface area contributed by atoms with Gasteiger partial charge in [0.1, 0.15) is 0 Å². The van der Waals surface area contributed by atoms with Crippen LogP contribution in [0.2, 0.25) is 0 Å². The third-order valence-corrected chi connectivity index (χ3v) is 3.99. The SMILES string of the molecule is O=C(Nc1ccccc1)c1cncc(N2CCCCCC2)c1. The molecule has 0 aliphatic carbocycles. The number of amides is 1. The Morgan fingerprint density at radius 1 is 1.00 bits per heavy atom. The van der Waals surface area contributed by atoms with E-state index in [0.29, 0.717) is 5.56 Å². The van der Waals surface area contributed by atoms with Crippen LogP contribution < -0.4 is 10.2 Å². The number of pyridine rings is 1. The number of nitrogens with zero attached hydrogens (tertiary/aromatic N) is 2. The van der Waals surface area contributed by atoms with Crippen LogP contribution in [0.4, 0.5) is 11.4 Å². The van der Waals surface area contributed by atoms with Crippen molar-refractivity contribution in [2.75, 3.05) is 23.3 Å². The van der Waals surface area contributed by atoms with Crippen molar-refractivity contribution < 1.29 is 4.79 Å². The summed E-state index contributed by atoms with van der Waals surface area (Å²) in [7, 11) is 0. The second kappa shape index (κ2) is 7.07. The van der Waals surface area contributed by atoms with E-state index >= 15 is 0 Å². The fourth-order valence-corrected chi connectivity index (χ4v) is 2.78. The van der Waals surface area contributed by atoms with Gasteiger partial charge >= 0.3 is 0 Å². The van der Waals surface area contributed by atoms with Crippen molar-refractivity contribution in [1.82, 2.24) is 4.98 Å². The minimum absolute atomic E-state index is 0.115. The summed E-state index contributed by atoms with van der Waals surface area (Å²) in [6.07, 6.45) is 8.47. The molecule has 1 N–H and O–H groups in total. The maximum atomic E-state index is 12.3. The molecule has 0 unspecified atom stereocenters. The van der Waals surface area contributed by atoms with Crippen LogP contribution in [0.3, 0.4) is 0 Å². The number of para-hydroxylation sites is 1. The van der Waals surface area contributed by atoms with Gasteiger partial charge in [-0.1, -0.05) is 31.0 Å². The zero-order valence-electron chi connectivity index (χ0n) is 12.7. The topological polar surface area (TPSA) is 45.2 Å². The van der Waals surface area contributed by atoms with Gasteiger partial charge in [0.25, 0.3) is 5.91 Å². The highest BCUT2D eigenvalue weighted by Gasteiger charge is 2.13. The van der Waals surface area contributed by atoms with Crippen molar-refractivity contribution in [3.63, 3.8) is 0 Å². The van der Waals surface area contributed by atoms with E-state index in [9.17, 15) is 4.79 Å². The van der Waals surface area contributed by atoms with Gasteiger partial charge in [-0.25, -0.2) is 0 Å². The first-order chi connectivity index (χ1) is 10.8. The molecule has 0 spiro atoms. The highest BCUT2D eigenvalue weighted by atomic mass is 16.1. The van der Waals surface area contributed by atoms with E-state index in [1.165, 1.54) is 25.7 Å². The second-order valence-electron chi connectivity index (χ2n) is 5.65. The number of carbonyl (C=O) groups excluding carboxylic acids is 1. The average Bonchev–Trinajstić information content (AvgIpc) is 2.85. The molecular formula is C18H21N3O. The van der Waals surface area contributed by atoms with Gasteiger partial charge < -0.3 is 10.2 Å². The fourth-order valence-electron chi connectivity index (χ4n) is 2.78. The molecule has 22 heavy (non-hydrogen) atoms. The van der Waals surface area contributed by atoms with Gasteiger partial charge in [-0.05, 0) is 31.0 Å². The van der Waals surface area contributed by atoms with Crippen molar-refractivity contribution in [3.05, 3.63) is 54.4 Å². The molecule has 1 aliphatic rings. The van der Waals surface area contributed by atoms with Crippen molar-refractivity contribution in [1.29, 1.82) is 0 Å². The van der Waals surface area contributed by atoms with Crippen LogP contribution in [-0.4, -0.2) is 24.0 Å². The molecule has 1 aromatic carbocycles. The summed E-state index contributed by atoms with van der Waals surface area (Å²) >= 11 is 0. The van der Waals surface area contributed by atoms with Crippen molar-refractivity contribution in [3.8, 4) is 0 Å². The summed E-state index contributed by atoms with van der Waals surface area (Å²) in [5, 5.41) is 2.90. The first-order valence-electron chi connectivity index (χ1n) is 7.89. The molecule has 0 bridgehead atoms. The van der Waals surface area contributed by atoms with E-state index in [2.05, 4.69) is 15.2 Å². The second-order valence-corrected chi connectivity index (χ2v) is 5.65. The zero-order valence-corrected chi connectivity index (χ0v) is 12.7. The van der Waals surface area contributed by atoms with Gasteiger partial charge in [-0.3, -0.25) is 9.78 Å². The van der Waals surface area contributed by atoms with Gasteiger partial charge in [0.05, 0.1) is 17.4 Å². The largest absolute Gasteiger partial charge is 0.370 e. The van der Waals surface area contributed by atoms with Crippen LogP contribution in [0.25, 0.3) is 0 Å². The predicted octanol–water partition coefficient (Wildman–Crippen LogP) is 3.71. The summed E-state index contributed by atoms with van der Waals surface area (Å²) < 4.78 is 0. The van der Waals surface area contributed by atoms with E-state index in [-0.39, 0.29) is 5.91 Å². The molecule has 1 saturated heterocycles. The Bertz CT molecular complexity index is 619. The molecule has 1 aliphatic heterocycles. The number of hydrogen-bond acceptors (Lipinski definition) is 3. The Morgan fingerprint density at radius 2 is 1.73 bits per heavy atom. The molecule has 4 heteroatoms. The van der Waals surface area contributed by atoms with E-state index in [1.54, 1.807) is 6.20 Å². The summed E-state index contributed by atoms with van der Waals surface area (Å²) in [6, 6.07) is 11.4. The predicted molar refractivity (Wildman–Crippen MR) is 89.3 cm³/mol. The quantitative estimate of drug-likeness (QED) is 0.938. The summed E-state index contributed by atoms with van der Waals surface area (Å²) in [5.41, 5.74) is 2.45. The molecule has 0 atom stereocenters. The van der Waals surface area contributed by atoms with E-state index in [1.807, 2.05) is 42.6 Å². The van der Waals surface area contributed by atoms with Crippen LogP contribution >= 0.6 is 0 Å². The average molecular weight is 295 g/mol. The lowest BCUT2D eigenvalue weighted by Crippen LogP contribution is -2.24. The molecule has 2 heterocycles. The van der Waals surface area contributed by atoms with Crippen LogP contribution in [-0.2, 0) is 0 Å². The monoisotopic (exact) mass is 295 g/mol. The Balaban J connectivity index is 1.74. The van der Waals surface area contributed by atoms with Gasteiger partial charge in [-0.15, -0.1) is 0 Å². The van der Waals surface area contributed by atoms with E-state index in [0.717, 1.165) is 24.5 Å². The van der Waals surface area contributed by atoms with Crippen LogP contribution in [0, 0.1) is 0 Å². The Labute approximate surface area is 131 Å². The van der Waals surface area contributed by atoms with Crippen molar-refractivity contribution >= 4 is 17.3 Å². The normalized spacial score (nSPS) is 15.2. The molecule has 2 aromatic rings. The molecule has 4 nitrogen and oxygen atoms in total. The van der Waals surface area contributed by atoms with E-state index < -0.39 is 0 Å². The first-order valence-corrected chi connectivity index (χ1v) is 7.89. The van der Waals surface area contributed by atoms with Gasteiger partial charge in [0.15, 0.2) is 0 Å². The smallest absolute Gasteiger partial charge is 0.257 e. The highest BCUT2D eigenvalue weighted by molar-refractivity contribution is 6.04. The molecule has 1 amide bonds. The third-order valence-electron chi connectivity index (χ3n) is 3.99. The number of nitrogens with one attached hydrogen (secondary N) is 1. The number of anilines is 2. The Morgan fingerprint density at radius 3 is 2.45 bits per heavy atom. The Kier molecular flexibility index (Phi) is 4.68. The van der Waals surface area contributed by atoms with Crippen molar-refractivity contribution in [2.24, 2.45) is 0 Å². The van der Waals surface area contributed by atoms with Gasteiger partial charge in [0, 0.05) is 25.0 Å².